The molecule has 2 aromatic carbocycles. The van der Waals surface area contributed by atoms with Gasteiger partial charge < -0.3 is 14.8 Å². The lowest BCUT2D eigenvalue weighted by Crippen LogP contribution is -2.40. The van der Waals surface area contributed by atoms with Crippen molar-refractivity contribution >= 4 is 17.9 Å². The first-order valence-electron chi connectivity index (χ1n) is 6.51. The predicted molar refractivity (Wildman–Crippen MR) is 76.8 cm³/mol. The van der Waals surface area contributed by atoms with Crippen molar-refractivity contribution in [2.45, 2.75) is 6.10 Å². The molecule has 1 amide bonds. The van der Waals surface area contributed by atoms with E-state index in [9.17, 15) is 9.59 Å². The summed E-state index contributed by atoms with van der Waals surface area (Å²) in [5, 5.41) is 2.73. The van der Waals surface area contributed by atoms with Crippen molar-refractivity contribution in [3.05, 3.63) is 54.1 Å². The first-order valence-corrected chi connectivity index (χ1v) is 6.51. The Balaban J connectivity index is 1.67. The molecule has 0 spiro atoms. The molecule has 2 aromatic rings. The molecule has 1 aliphatic heterocycles. The third-order valence-electron chi connectivity index (χ3n) is 3.12. The van der Waals surface area contributed by atoms with E-state index in [-0.39, 0.29) is 12.5 Å². The van der Waals surface area contributed by atoms with Crippen LogP contribution in [-0.2, 0) is 4.79 Å². The molecule has 5 nitrogen and oxygen atoms in total. The Kier molecular flexibility index (Phi) is 3.55. The summed E-state index contributed by atoms with van der Waals surface area (Å²) in [4.78, 5) is 22.7. The predicted octanol–water partition coefficient (Wildman–Crippen LogP) is 2.28. The lowest BCUT2D eigenvalue weighted by molar-refractivity contribution is -0.125. The van der Waals surface area contributed by atoms with Crippen LogP contribution in [0.15, 0.2) is 48.5 Å². The van der Waals surface area contributed by atoms with Crippen LogP contribution >= 0.6 is 0 Å². The molecular formula is C16H13NO4. The number of anilines is 1. The number of aldehydes is 1. The Morgan fingerprint density at radius 3 is 2.52 bits per heavy atom. The molecule has 0 saturated heterocycles. The summed E-state index contributed by atoms with van der Waals surface area (Å²) in [5.74, 6) is 0.903. The highest BCUT2D eigenvalue weighted by Crippen LogP contribution is 2.31. The van der Waals surface area contributed by atoms with Crippen LogP contribution in [0, 0.1) is 0 Å². The van der Waals surface area contributed by atoms with Crippen molar-refractivity contribution in [2.75, 3.05) is 11.9 Å². The SMILES string of the molecule is O=Cc1ccc(NC(=O)C2COc3ccccc3O2)cc1. The van der Waals surface area contributed by atoms with Gasteiger partial charge in [-0.15, -0.1) is 0 Å². The van der Waals surface area contributed by atoms with E-state index in [2.05, 4.69) is 5.32 Å². The second-order valence-corrected chi connectivity index (χ2v) is 4.59. The zero-order chi connectivity index (χ0) is 14.7. The van der Waals surface area contributed by atoms with Gasteiger partial charge in [-0.2, -0.15) is 0 Å². The van der Waals surface area contributed by atoms with Crippen LogP contribution in [0.25, 0.3) is 0 Å². The molecule has 106 valence electrons. The maximum Gasteiger partial charge on any atom is 0.269 e. The summed E-state index contributed by atoms with van der Waals surface area (Å²) >= 11 is 0. The van der Waals surface area contributed by atoms with Gasteiger partial charge in [0.05, 0.1) is 0 Å². The first-order chi connectivity index (χ1) is 10.3. The highest BCUT2D eigenvalue weighted by Gasteiger charge is 2.27. The second kappa shape index (κ2) is 5.66. The van der Waals surface area contributed by atoms with Gasteiger partial charge >= 0.3 is 0 Å². The van der Waals surface area contributed by atoms with E-state index in [4.69, 9.17) is 9.47 Å². The maximum atomic E-state index is 12.1. The quantitative estimate of drug-likeness (QED) is 0.878. The fourth-order valence-corrected chi connectivity index (χ4v) is 2.02. The molecule has 5 heteroatoms. The molecule has 1 aliphatic rings. The van der Waals surface area contributed by atoms with Gasteiger partial charge in [-0.25, -0.2) is 0 Å². The normalized spacial score (nSPS) is 16.1. The Hall–Kier alpha value is -2.82. The number of ether oxygens (including phenoxy) is 2. The molecule has 3 rings (SSSR count). The summed E-state index contributed by atoms with van der Waals surface area (Å²) < 4.78 is 11.1. The van der Waals surface area contributed by atoms with E-state index in [1.54, 1.807) is 36.4 Å². The van der Waals surface area contributed by atoms with Crippen LogP contribution in [-0.4, -0.2) is 24.9 Å². The summed E-state index contributed by atoms with van der Waals surface area (Å²) in [5.41, 5.74) is 1.16. The average molecular weight is 283 g/mol. The highest BCUT2D eigenvalue weighted by molar-refractivity contribution is 5.95. The molecular weight excluding hydrogens is 270 g/mol. The molecule has 1 atom stereocenters. The van der Waals surface area contributed by atoms with Crippen LogP contribution < -0.4 is 14.8 Å². The smallest absolute Gasteiger partial charge is 0.269 e. The molecule has 0 radical (unpaired) electrons. The molecule has 0 fully saturated rings. The highest BCUT2D eigenvalue weighted by atomic mass is 16.6. The molecule has 0 aromatic heterocycles. The zero-order valence-electron chi connectivity index (χ0n) is 11.1. The van der Waals surface area contributed by atoms with E-state index < -0.39 is 6.10 Å². The number of hydrogen-bond donors (Lipinski definition) is 1. The third kappa shape index (κ3) is 2.86. The van der Waals surface area contributed by atoms with Crippen LogP contribution in [0.3, 0.4) is 0 Å². The standard InChI is InChI=1S/C16H13NO4/c18-9-11-5-7-12(8-6-11)17-16(19)15-10-20-13-3-1-2-4-14(13)21-15/h1-9,15H,10H2,(H,17,19). The molecule has 0 bridgehead atoms. The largest absolute Gasteiger partial charge is 0.485 e. The van der Waals surface area contributed by atoms with Crippen molar-refractivity contribution in [3.8, 4) is 11.5 Å². The Bertz CT molecular complexity index is 666. The Morgan fingerprint density at radius 2 is 1.81 bits per heavy atom. The monoisotopic (exact) mass is 283 g/mol. The lowest BCUT2D eigenvalue weighted by Gasteiger charge is -2.25. The van der Waals surface area contributed by atoms with E-state index in [1.807, 2.05) is 12.1 Å². The molecule has 0 saturated carbocycles. The first kappa shape index (κ1) is 13.2. The van der Waals surface area contributed by atoms with Gasteiger partial charge in [-0.1, -0.05) is 12.1 Å². The van der Waals surface area contributed by atoms with Gasteiger partial charge in [0.1, 0.15) is 12.9 Å². The number of para-hydroxylation sites is 2. The average Bonchev–Trinajstić information content (AvgIpc) is 2.55. The number of fused-ring (bicyclic) bond motifs is 1. The topological polar surface area (TPSA) is 64.6 Å². The van der Waals surface area contributed by atoms with Gasteiger partial charge in [0, 0.05) is 11.3 Å². The van der Waals surface area contributed by atoms with E-state index in [1.165, 1.54) is 0 Å². The third-order valence-corrected chi connectivity index (χ3v) is 3.12. The van der Waals surface area contributed by atoms with Crippen molar-refractivity contribution < 1.29 is 19.1 Å². The van der Waals surface area contributed by atoms with E-state index in [0.717, 1.165) is 6.29 Å². The van der Waals surface area contributed by atoms with E-state index in [0.29, 0.717) is 22.7 Å². The van der Waals surface area contributed by atoms with Gasteiger partial charge in [-0.05, 0) is 36.4 Å². The molecule has 0 aliphatic carbocycles. The Labute approximate surface area is 121 Å². The van der Waals surface area contributed by atoms with Gasteiger partial charge in [0.25, 0.3) is 5.91 Å². The zero-order valence-corrected chi connectivity index (χ0v) is 11.1. The fourth-order valence-electron chi connectivity index (χ4n) is 2.02. The van der Waals surface area contributed by atoms with Gasteiger partial charge in [0.2, 0.25) is 6.10 Å². The molecule has 1 unspecified atom stereocenters. The van der Waals surface area contributed by atoms with Crippen molar-refractivity contribution in [2.24, 2.45) is 0 Å². The molecule has 1 heterocycles. The summed E-state index contributed by atoms with van der Waals surface area (Å²) in [6.45, 7) is 0.162. The number of benzene rings is 2. The van der Waals surface area contributed by atoms with Crippen LogP contribution in [0.5, 0.6) is 11.5 Å². The second-order valence-electron chi connectivity index (χ2n) is 4.59. The lowest BCUT2D eigenvalue weighted by atomic mass is 10.2. The van der Waals surface area contributed by atoms with Gasteiger partial charge in [-0.3, -0.25) is 9.59 Å². The summed E-state index contributed by atoms with van der Waals surface area (Å²) in [7, 11) is 0. The van der Waals surface area contributed by atoms with Crippen molar-refractivity contribution in [1.82, 2.24) is 0 Å². The van der Waals surface area contributed by atoms with Crippen LogP contribution in [0.2, 0.25) is 0 Å². The minimum absolute atomic E-state index is 0.162. The summed E-state index contributed by atoms with van der Waals surface area (Å²) in [6, 6.07) is 13.8. The van der Waals surface area contributed by atoms with Gasteiger partial charge in [0.15, 0.2) is 11.5 Å². The maximum absolute atomic E-state index is 12.1. The van der Waals surface area contributed by atoms with Crippen molar-refractivity contribution in [1.29, 1.82) is 0 Å². The number of amides is 1. The molecule has 1 N–H and O–H groups in total. The molecule has 21 heavy (non-hydrogen) atoms. The summed E-state index contributed by atoms with van der Waals surface area (Å²) in [6.07, 6.45) is 0.0475. The van der Waals surface area contributed by atoms with Crippen LogP contribution in [0.1, 0.15) is 10.4 Å². The number of carbonyl (C=O) groups excluding carboxylic acids is 2. The Morgan fingerprint density at radius 1 is 1.10 bits per heavy atom. The number of hydrogen-bond acceptors (Lipinski definition) is 4. The minimum Gasteiger partial charge on any atom is -0.485 e. The fraction of sp³-hybridized carbons (Fsp3) is 0.125. The number of rotatable bonds is 3. The van der Waals surface area contributed by atoms with E-state index >= 15 is 0 Å². The van der Waals surface area contributed by atoms with Crippen LogP contribution in [0.4, 0.5) is 5.69 Å². The number of carbonyl (C=O) groups is 2. The number of nitrogens with one attached hydrogen (secondary N) is 1. The van der Waals surface area contributed by atoms with Crippen molar-refractivity contribution in [3.63, 3.8) is 0 Å². The minimum atomic E-state index is -0.703.